The van der Waals surface area contributed by atoms with Gasteiger partial charge in [0.25, 0.3) is 0 Å². The first-order chi connectivity index (χ1) is 8.33. The first-order valence-corrected chi connectivity index (χ1v) is 6.59. The highest BCUT2D eigenvalue weighted by Gasteiger charge is 2.27. The number of ether oxygens (including phenoxy) is 1. The third-order valence-corrected chi connectivity index (χ3v) is 3.10. The van der Waals surface area contributed by atoms with E-state index in [4.69, 9.17) is 33.7 Å². The van der Waals surface area contributed by atoms with Gasteiger partial charge in [-0.1, -0.05) is 23.2 Å². The van der Waals surface area contributed by atoms with Gasteiger partial charge in [0.15, 0.2) is 0 Å². The number of nitrogens with two attached hydrogens (primary N) is 1. The average Bonchev–Trinajstić information content (AvgIpc) is 2.24. The molecule has 0 heterocycles. The van der Waals surface area contributed by atoms with Crippen LogP contribution in [0.25, 0.3) is 0 Å². The van der Waals surface area contributed by atoms with Crippen molar-refractivity contribution in [2.75, 3.05) is 12.4 Å². The second-order valence-corrected chi connectivity index (χ2v) is 5.23. The van der Waals surface area contributed by atoms with Crippen molar-refractivity contribution >= 4 is 35.0 Å². The van der Waals surface area contributed by atoms with Gasteiger partial charge in [-0.2, -0.15) is 13.2 Å². The van der Waals surface area contributed by atoms with Crippen molar-refractivity contribution in [1.29, 1.82) is 0 Å². The smallest absolute Gasteiger partial charge is 0.441 e. The monoisotopic (exact) mass is 319 g/mol. The third kappa shape index (κ3) is 5.14. The first-order valence-electron chi connectivity index (χ1n) is 4.85. The van der Waals surface area contributed by atoms with Crippen LogP contribution in [0, 0.1) is 0 Å². The van der Waals surface area contributed by atoms with Gasteiger partial charge in [-0.3, -0.25) is 0 Å². The van der Waals surface area contributed by atoms with Gasteiger partial charge >= 0.3 is 5.51 Å². The molecule has 0 aliphatic rings. The van der Waals surface area contributed by atoms with Crippen molar-refractivity contribution in [1.82, 2.24) is 0 Å². The molecule has 102 valence electrons. The highest BCUT2D eigenvalue weighted by Crippen LogP contribution is 2.33. The molecule has 1 aromatic rings. The van der Waals surface area contributed by atoms with E-state index in [1.807, 2.05) is 0 Å². The molecule has 2 N–H and O–H groups in total. The summed E-state index contributed by atoms with van der Waals surface area (Å²) >= 11 is 11.5. The van der Waals surface area contributed by atoms with Crippen LogP contribution < -0.4 is 10.5 Å². The summed E-state index contributed by atoms with van der Waals surface area (Å²) in [7, 11) is 0. The Morgan fingerprint density at radius 3 is 2.50 bits per heavy atom. The van der Waals surface area contributed by atoms with Crippen LogP contribution in [0.3, 0.4) is 0 Å². The van der Waals surface area contributed by atoms with Gasteiger partial charge in [0.1, 0.15) is 5.75 Å². The molecule has 8 heteroatoms. The molecule has 0 spiro atoms. The summed E-state index contributed by atoms with van der Waals surface area (Å²) in [6, 6.07) is 3.02. The van der Waals surface area contributed by atoms with Crippen LogP contribution in [-0.4, -0.2) is 17.9 Å². The largest absolute Gasteiger partial charge is 0.491 e. The van der Waals surface area contributed by atoms with E-state index in [1.165, 1.54) is 6.07 Å². The topological polar surface area (TPSA) is 35.2 Å². The Labute approximate surface area is 117 Å². The van der Waals surface area contributed by atoms with Crippen LogP contribution >= 0.6 is 35.0 Å². The van der Waals surface area contributed by atoms with Gasteiger partial charge in [0.2, 0.25) is 0 Å². The molecule has 0 bridgehead atoms. The second-order valence-electron chi connectivity index (χ2n) is 3.22. The lowest BCUT2D eigenvalue weighted by atomic mass is 10.2. The molecule has 1 aromatic carbocycles. The summed E-state index contributed by atoms with van der Waals surface area (Å²) in [5.74, 6) is 0.0678. The molecule has 0 aliphatic carbocycles. The van der Waals surface area contributed by atoms with Gasteiger partial charge in [0, 0.05) is 22.9 Å². The first kappa shape index (κ1) is 15.8. The maximum atomic E-state index is 11.9. The minimum Gasteiger partial charge on any atom is -0.491 e. The highest BCUT2D eigenvalue weighted by atomic mass is 35.5. The minimum atomic E-state index is -4.26. The fourth-order valence-electron chi connectivity index (χ4n) is 1.23. The lowest BCUT2D eigenvalue weighted by molar-refractivity contribution is -0.0329. The summed E-state index contributed by atoms with van der Waals surface area (Å²) in [6.07, 6.45) is 0. The van der Waals surface area contributed by atoms with Crippen molar-refractivity contribution in [3.8, 4) is 5.75 Å². The molecule has 2 nitrogen and oxygen atoms in total. The number of hydrogen-bond acceptors (Lipinski definition) is 3. The van der Waals surface area contributed by atoms with Crippen LogP contribution in [0.4, 0.5) is 13.2 Å². The van der Waals surface area contributed by atoms with Crippen LogP contribution in [0.15, 0.2) is 12.1 Å². The molecule has 0 aliphatic heterocycles. The lowest BCUT2D eigenvalue weighted by Gasteiger charge is -2.13. The number of halogens is 5. The van der Waals surface area contributed by atoms with Crippen molar-refractivity contribution in [3.63, 3.8) is 0 Å². The molecule has 0 unspecified atom stereocenters. The van der Waals surface area contributed by atoms with Crippen molar-refractivity contribution in [2.45, 2.75) is 12.1 Å². The predicted molar refractivity (Wildman–Crippen MR) is 68.4 cm³/mol. The van der Waals surface area contributed by atoms with Gasteiger partial charge in [-0.05, 0) is 23.9 Å². The quantitative estimate of drug-likeness (QED) is 0.830. The number of thioether (sulfide) groups is 1. The Morgan fingerprint density at radius 1 is 1.28 bits per heavy atom. The predicted octanol–water partition coefficient (Wildman–Crippen LogP) is 4.08. The normalized spacial score (nSPS) is 11.7. The number of benzene rings is 1. The van der Waals surface area contributed by atoms with Crippen LogP contribution in [0.2, 0.25) is 10.0 Å². The summed E-state index contributed by atoms with van der Waals surface area (Å²) in [5.41, 5.74) is 1.78. The van der Waals surface area contributed by atoms with Gasteiger partial charge in [-0.25, -0.2) is 0 Å². The molecule has 0 fully saturated rings. The fourth-order valence-corrected chi connectivity index (χ4v) is 2.22. The zero-order valence-electron chi connectivity index (χ0n) is 9.06. The van der Waals surface area contributed by atoms with E-state index in [1.54, 1.807) is 6.07 Å². The van der Waals surface area contributed by atoms with Crippen molar-refractivity contribution in [3.05, 3.63) is 27.7 Å². The molecule has 1 rings (SSSR count). The van der Waals surface area contributed by atoms with Gasteiger partial charge in [0.05, 0.1) is 11.6 Å². The summed E-state index contributed by atoms with van der Waals surface area (Å²) in [6.45, 7) is 0.0283. The molecular weight excluding hydrogens is 310 g/mol. The maximum Gasteiger partial charge on any atom is 0.441 e. The van der Waals surface area contributed by atoms with Crippen molar-refractivity contribution in [2.24, 2.45) is 5.73 Å². The lowest BCUT2D eigenvalue weighted by Crippen LogP contribution is -2.09. The van der Waals surface area contributed by atoms with E-state index in [0.717, 1.165) is 0 Å². The molecule has 0 radical (unpaired) electrons. The zero-order chi connectivity index (χ0) is 13.8. The highest BCUT2D eigenvalue weighted by molar-refractivity contribution is 8.00. The molecule has 0 saturated heterocycles. The van der Waals surface area contributed by atoms with Gasteiger partial charge in [-0.15, -0.1) is 0 Å². The Balaban J connectivity index is 2.62. The minimum absolute atomic E-state index is 0.113. The fraction of sp³-hybridized carbons (Fsp3) is 0.400. The van der Waals surface area contributed by atoms with E-state index in [2.05, 4.69) is 0 Å². The zero-order valence-corrected chi connectivity index (χ0v) is 11.4. The molecule has 0 atom stereocenters. The summed E-state index contributed by atoms with van der Waals surface area (Å²) in [5, 5.41) is 0.637. The molecule has 0 saturated carbocycles. The third-order valence-electron chi connectivity index (χ3n) is 1.90. The second kappa shape index (κ2) is 6.75. The molecule has 0 amide bonds. The van der Waals surface area contributed by atoms with E-state index >= 15 is 0 Å². The molecule has 18 heavy (non-hydrogen) atoms. The average molecular weight is 320 g/mol. The SMILES string of the molecule is NCc1cc(Cl)cc(Cl)c1OCCSC(F)(F)F. The van der Waals surface area contributed by atoms with E-state index in [-0.39, 0.29) is 41.4 Å². The maximum absolute atomic E-state index is 11.9. The Bertz CT molecular complexity index is 415. The Morgan fingerprint density at radius 2 is 1.94 bits per heavy atom. The molecular formula is C10H10Cl2F3NOS. The van der Waals surface area contributed by atoms with Crippen LogP contribution in [0.1, 0.15) is 5.56 Å². The number of rotatable bonds is 5. The van der Waals surface area contributed by atoms with Crippen LogP contribution in [-0.2, 0) is 6.54 Å². The van der Waals surface area contributed by atoms with E-state index < -0.39 is 5.51 Å². The van der Waals surface area contributed by atoms with E-state index in [0.29, 0.717) is 10.6 Å². The Hall–Kier alpha value is -0.300. The standard InChI is InChI=1S/C10H10Cl2F3NOS/c11-7-3-6(5-16)9(8(12)4-7)17-1-2-18-10(13,14)15/h3-4H,1-2,5,16H2. The van der Waals surface area contributed by atoms with E-state index in [9.17, 15) is 13.2 Å². The summed E-state index contributed by atoms with van der Waals surface area (Å²) < 4.78 is 40.9. The van der Waals surface area contributed by atoms with Crippen molar-refractivity contribution < 1.29 is 17.9 Å². The van der Waals surface area contributed by atoms with Crippen LogP contribution in [0.5, 0.6) is 5.75 Å². The molecule has 0 aromatic heterocycles. The number of hydrogen-bond donors (Lipinski definition) is 1. The summed E-state index contributed by atoms with van der Waals surface area (Å²) in [4.78, 5) is 0. The number of alkyl halides is 3. The van der Waals surface area contributed by atoms with Gasteiger partial charge < -0.3 is 10.5 Å². The Kier molecular flexibility index (Phi) is 5.91.